The molecule has 4 rings (SSSR count). The molecule has 1 unspecified atom stereocenters. The maximum Gasteiger partial charge on any atom is 0.216 e. The smallest absolute Gasteiger partial charge is 0.216 e. The average Bonchev–Trinajstić information content (AvgIpc) is 3.39. The molecule has 0 amide bonds. The van der Waals surface area contributed by atoms with Gasteiger partial charge in [-0.1, -0.05) is 0 Å². The summed E-state index contributed by atoms with van der Waals surface area (Å²) in [5.41, 5.74) is 3.88. The van der Waals surface area contributed by atoms with Gasteiger partial charge in [-0.25, -0.2) is 4.98 Å². The summed E-state index contributed by atoms with van der Waals surface area (Å²) in [6, 6.07) is 9.86. The lowest BCUT2D eigenvalue weighted by atomic mass is 10.2. The lowest BCUT2D eigenvalue weighted by molar-refractivity contribution is 0.284. The second-order valence-electron chi connectivity index (χ2n) is 6.19. The van der Waals surface area contributed by atoms with Crippen LogP contribution >= 0.6 is 0 Å². The Morgan fingerprint density at radius 1 is 1.17 bits per heavy atom. The molecule has 0 aliphatic heterocycles. The molecule has 0 spiro atoms. The van der Waals surface area contributed by atoms with E-state index >= 15 is 0 Å². The van der Waals surface area contributed by atoms with Crippen LogP contribution in [-0.4, -0.2) is 28.7 Å². The zero-order valence-electron chi connectivity index (χ0n) is 13.8. The minimum Gasteiger partial charge on any atom is -0.495 e. The Morgan fingerprint density at radius 3 is 2.88 bits per heavy atom. The van der Waals surface area contributed by atoms with Crippen molar-refractivity contribution in [1.82, 2.24) is 15.0 Å². The quantitative estimate of drug-likeness (QED) is 0.719. The molecule has 5 heteroatoms. The number of fused-ring (bicyclic) bond motifs is 1. The van der Waals surface area contributed by atoms with Crippen LogP contribution in [0.15, 0.2) is 42.7 Å². The van der Waals surface area contributed by atoms with E-state index in [0.717, 1.165) is 34.5 Å². The lowest BCUT2D eigenvalue weighted by Gasteiger charge is -2.09. The number of rotatable bonds is 5. The van der Waals surface area contributed by atoms with E-state index in [1.807, 2.05) is 37.3 Å². The fraction of sp³-hybridized carbons (Fsp3) is 0.316. The predicted molar refractivity (Wildman–Crippen MR) is 91.4 cm³/mol. The van der Waals surface area contributed by atoms with Crippen molar-refractivity contribution in [2.75, 3.05) is 13.7 Å². The monoisotopic (exact) mass is 321 g/mol. The number of aryl methyl sites for hydroxylation is 1. The molecule has 1 saturated carbocycles. The van der Waals surface area contributed by atoms with Gasteiger partial charge in [0.2, 0.25) is 5.88 Å². The number of aromatic nitrogens is 3. The Kier molecular flexibility index (Phi) is 3.76. The summed E-state index contributed by atoms with van der Waals surface area (Å²) in [7, 11) is 1.65. The van der Waals surface area contributed by atoms with E-state index < -0.39 is 0 Å². The van der Waals surface area contributed by atoms with Gasteiger partial charge in [0.1, 0.15) is 5.75 Å². The Labute approximate surface area is 140 Å². The maximum absolute atomic E-state index is 5.97. The van der Waals surface area contributed by atoms with Gasteiger partial charge in [0, 0.05) is 29.3 Å². The van der Waals surface area contributed by atoms with E-state index in [1.54, 1.807) is 19.5 Å². The zero-order valence-corrected chi connectivity index (χ0v) is 13.8. The second-order valence-corrected chi connectivity index (χ2v) is 6.19. The highest BCUT2D eigenvalue weighted by Gasteiger charge is 2.40. The molecule has 3 heterocycles. The van der Waals surface area contributed by atoms with Crippen LogP contribution in [0.2, 0.25) is 0 Å². The molecule has 3 aromatic rings. The summed E-state index contributed by atoms with van der Waals surface area (Å²) in [5, 5.41) is 0. The SMILES string of the molecule is COc1ccc(C2C[C@H]2COc2nc3cccnc3cc2C)nc1. The van der Waals surface area contributed by atoms with Crippen molar-refractivity contribution in [1.29, 1.82) is 0 Å². The molecule has 3 aromatic heterocycles. The van der Waals surface area contributed by atoms with Crippen molar-refractivity contribution in [3.63, 3.8) is 0 Å². The molecule has 0 N–H and O–H groups in total. The Morgan fingerprint density at radius 2 is 2.08 bits per heavy atom. The number of nitrogens with zero attached hydrogens (tertiary/aromatic N) is 3. The van der Waals surface area contributed by atoms with Crippen molar-refractivity contribution < 1.29 is 9.47 Å². The number of pyridine rings is 3. The van der Waals surface area contributed by atoms with Gasteiger partial charge in [0.05, 0.1) is 30.9 Å². The molecule has 1 fully saturated rings. The average molecular weight is 321 g/mol. The lowest BCUT2D eigenvalue weighted by Crippen LogP contribution is -2.04. The van der Waals surface area contributed by atoms with Gasteiger partial charge in [-0.3, -0.25) is 9.97 Å². The molecule has 0 aromatic carbocycles. The largest absolute Gasteiger partial charge is 0.495 e. The molecule has 24 heavy (non-hydrogen) atoms. The van der Waals surface area contributed by atoms with Crippen molar-refractivity contribution in [2.45, 2.75) is 19.3 Å². The number of ether oxygens (including phenoxy) is 2. The van der Waals surface area contributed by atoms with E-state index in [0.29, 0.717) is 24.3 Å². The third kappa shape index (κ3) is 2.89. The first-order valence-electron chi connectivity index (χ1n) is 8.09. The molecule has 0 radical (unpaired) electrons. The fourth-order valence-electron chi connectivity index (χ4n) is 2.94. The van der Waals surface area contributed by atoms with Crippen LogP contribution in [0.25, 0.3) is 11.0 Å². The highest BCUT2D eigenvalue weighted by molar-refractivity contribution is 5.75. The summed E-state index contributed by atoms with van der Waals surface area (Å²) in [4.78, 5) is 13.4. The van der Waals surface area contributed by atoms with Crippen LogP contribution < -0.4 is 9.47 Å². The third-order valence-corrected chi connectivity index (χ3v) is 4.46. The van der Waals surface area contributed by atoms with Gasteiger partial charge < -0.3 is 9.47 Å². The van der Waals surface area contributed by atoms with Crippen LogP contribution in [0.5, 0.6) is 11.6 Å². The van der Waals surface area contributed by atoms with E-state index in [2.05, 4.69) is 15.0 Å². The Bertz CT molecular complexity index is 864. The predicted octanol–water partition coefficient (Wildman–Crippen LogP) is 3.52. The second kappa shape index (κ2) is 6.07. The minimum absolute atomic E-state index is 0.471. The third-order valence-electron chi connectivity index (χ3n) is 4.46. The number of methoxy groups -OCH3 is 1. The first-order chi connectivity index (χ1) is 11.7. The highest BCUT2D eigenvalue weighted by atomic mass is 16.5. The van der Waals surface area contributed by atoms with Crippen LogP contribution in [0, 0.1) is 12.8 Å². The summed E-state index contributed by atoms with van der Waals surface area (Å²) < 4.78 is 11.1. The van der Waals surface area contributed by atoms with E-state index in [1.165, 1.54) is 0 Å². The molecule has 122 valence electrons. The zero-order chi connectivity index (χ0) is 16.5. The molecular formula is C19H19N3O2. The van der Waals surface area contributed by atoms with E-state index in [-0.39, 0.29) is 0 Å². The van der Waals surface area contributed by atoms with Crippen molar-refractivity contribution in [3.05, 3.63) is 54.0 Å². The van der Waals surface area contributed by atoms with Crippen LogP contribution in [0.3, 0.4) is 0 Å². The van der Waals surface area contributed by atoms with E-state index in [4.69, 9.17) is 9.47 Å². The summed E-state index contributed by atoms with van der Waals surface area (Å²) in [6.07, 6.45) is 4.65. The van der Waals surface area contributed by atoms with E-state index in [9.17, 15) is 0 Å². The van der Waals surface area contributed by atoms with Gasteiger partial charge >= 0.3 is 0 Å². The molecular weight excluding hydrogens is 302 g/mol. The van der Waals surface area contributed by atoms with Gasteiger partial charge in [-0.2, -0.15) is 0 Å². The van der Waals surface area contributed by atoms with Crippen molar-refractivity contribution >= 4 is 11.0 Å². The summed E-state index contributed by atoms with van der Waals surface area (Å²) in [5.74, 6) is 2.45. The topological polar surface area (TPSA) is 57.1 Å². The molecule has 1 aliphatic carbocycles. The maximum atomic E-state index is 5.97. The first kappa shape index (κ1) is 14.9. The Balaban J connectivity index is 1.42. The number of hydrogen-bond acceptors (Lipinski definition) is 5. The van der Waals surface area contributed by atoms with Gasteiger partial charge in [0.15, 0.2) is 0 Å². The summed E-state index contributed by atoms with van der Waals surface area (Å²) in [6.45, 7) is 2.67. The molecule has 2 atom stereocenters. The molecule has 0 saturated heterocycles. The van der Waals surface area contributed by atoms with Crippen molar-refractivity contribution in [3.8, 4) is 11.6 Å². The minimum atomic E-state index is 0.471. The highest BCUT2D eigenvalue weighted by Crippen LogP contribution is 2.47. The van der Waals surface area contributed by atoms with Crippen molar-refractivity contribution in [2.24, 2.45) is 5.92 Å². The molecule has 0 bridgehead atoms. The normalized spacial score (nSPS) is 19.2. The first-order valence-corrected chi connectivity index (χ1v) is 8.09. The standard InChI is InChI=1S/C19H19N3O2/c1-12-8-18-17(4-3-7-20-18)22-19(12)24-11-13-9-15(13)16-6-5-14(23-2)10-21-16/h3-8,10,13,15H,9,11H2,1-2H3/t13-,15?/m0/s1. The Hall–Kier alpha value is -2.69. The van der Waals surface area contributed by atoms with Gasteiger partial charge in [-0.15, -0.1) is 0 Å². The summed E-state index contributed by atoms with van der Waals surface area (Å²) >= 11 is 0. The molecule has 5 nitrogen and oxygen atoms in total. The van der Waals surface area contributed by atoms with Crippen LogP contribution in [-0.2, 0) is 0 Å². The van der Waals surface area contributed by atoms with Gasteiger partial charge in [-0.05, 0) is 43.7 Å². The number of hydrogen-bond donors (Lipinski definition) is 0. The van der Waals surface area contributed by atoms with Crippen LogP contribution in [0.1, 0.15) is 23.6 Å². The molecule has 1 aliphatic rings. The fourth-order valence-corrected chi connectivity index (χ4v) is 2.94. The van der Waals surface area contributed by atoms with Crippen LogP contribution in [0.4, 0.5) is 0 Å². The van der Waals surface area contributed by atoms with Gasteiger partial charge in [0.25, 0.3) is 0 Å².